The predicted octanol–water partition coefficient (Wildman–Crippen LogP) is 1.48. The van der Waals surface area contributed by atoms with Crippen LogP contribution in [0.15, 0.2) is 29.2 Å². The van der Waals surface area contributed by atoms with E-state index in [0.717, 1.165) is 6.07 Å². The maximum atomic E-state index is 13.5. The van der Waals surface area contributed by atoms with Crippen molar-refractivity contribution in [3.8, 4) is 0 Å². The minimum Gasteiger partial charge on any atom is -0.383 e. The van der Waals surface area contributed by atoms with Crippen LogP contribution >= 0.6 is 0 Å². The van der Waals surface area contributed by atoms with Crippen molar-refractivity contribution in [2.75, 3.05) is 26.8 Å². The molecule has 0 saturated heterocycles. The Bertz CT molecular complexity index is 462. The van der Waals surface area contributed by atoms with Gasteiger partial charge >= 0.3 is 0 Å². The number of ether oxygens (including phenoxy) is 1. The molecule has 0 saturated carbocycles. The van der Waals surface area contributed by atoms with Gasteiger partial charge < -0.3 is 4.74 Å². The summed E-state index contributed by atoms with van der Waals surface area (Å²) in [6.45, 7) is 2.47. The van der Waals surface area contributed by atoms with Crippen LogP contribution in [0.4, 0.5) is 4.39 Å². The van der Waals surface area contributed by atoms with Gasteiger partial charge in [0.1, 0.15) is 10.7 Å². The summed E-state index contributed by atoms with van der Waals surface area (Å²) in [4.78, 5) is -0.294. The SMILES string of the molecule is CCN(CCOC)S(=O)(=O)c1ccccc1F. The second kappa shape index (κ2) is 6.09. The Balaban J connectivity index is 3.05. The van der Waals surface area contributed by atoms with Crippen LogP contribution in [-0.4, -0.2) is 39.5 Å². The molecular weight excluding hydrogens is 245 g/mol. The first-order chi connectivity index (χ1) is 8.04. The molecule has 0 aliphatic carbocycles. The number of rotatable bonds is 6. The monoisotopic (exact) mass is 261 g/mol. The van der Waals surface area contributed by atoms with E-state index in [9.17, 15) is 12.8 Å². The van der Waals surface area contributed by atoms with Gasteiger partial charge in [-0.3, -0.25) is 0 Å². The molecule has 17 heavy (non-hydrogen) atoms. The topological polar surface area (TPSA) is 46.6 Å². The lowest BCUT2D eigenvalue weighted by atomic mass is 10.4. The van der Waals surface area contributed by atoms with Gasteiger partial charge in [-0.1, -0.05) is 19.1 Å². The highest BCUT2D eigenvalue weighted by atomic mass is 32.2. The Hall–Kier alpha value is -0.980. The normalized spacial score (nSPS) is 12.0. The van der Waals surface area contributed by atoms with E-state index < -0.39 is 15.8 Å². The second-order valence-corrected chi connectivity index (χ2v) is 5.33. The standard InChI is InChI=1S/C11H16FNO3S/c1-3-13(8-9-16-2)17(14,15)11-7-5-4-6-10(11)12/h4-7H,3,8-9H2,1-2H3. The zero-order valence-electron chi connectivity index (χ0n) is 9.89. The van der Waals surface area contributed by atoms with Gasteiger partial charge in [-0.15, -0.1) is 0 Å². The molecule has 96 valence electrons. The van der Waals surface area contributed by atoms with Gasteiger partial charge in [0.15, 0.2) is 0 Å². The maximum Gasteiger partial charge on any atom is 0.246 e. The minimum absolute atomic E-state index is 0.212. The molecule has 0 N–H and O–H groups in total. The zero-order valence-corrected chi connectivity index (χ0v) is 10.7. The zero-order chi connectivity index (χ0) is 12.9. The lowest BCUT2D eigenvalue weighted by Crippen LogP contribution is -2.34. The summed E-state index contributed by atoms with van der Waals surface area (Å²) in [5.74, 6) is -0.733. The molecule has 0 aromatic heterocycles. The molecule has 0 fully saturated rings. The fourth-order valence-corrected chi connectivity index (χ4v) is 2.93. The highest BCUT2D eigenvalue weighted by Crippen LogP contribution is 2.18. The number of halogens is 1. The number of benzene rings is 1. The number of methoxy groups -OCH3 is 1. The van der Waals surface area contributed by atoms with Crippen LogP contribution in [0, 0.1) is 5.82 Å². The van der Waals surface area contributed by atoms with Crippen molar-refractivity contribution >= 4 is 10.0 Å². The lowest BCUT2D eigenvalue weighted by molar-refractivity contribution is 0.180. The van der Waals surface area contributed by atoms with Crippen molar-refractivity contribution in [2.24, 2.45) is 0 Å². The summed E-state index contributed by atoms with van der Waals surface area (Å²) in [6.07, 6.45) is 0. The van der Waals surface area contributed by atoms with Crippen molar-refractivity contribution in [3.63, 3.8) is 0 Å². The average molecular weight is 261 g/mol. The Morgan fingerprint density at radius 1 is 1.35 bits per heavy atom. The van der Waals surface area contributed by atoms with E-state index in [-0.39, 0.29) is 24.6 Å². The Morgan fingerprint density at radius 2 is 2.00 bits per heavy atom. The van der Waals surface area contributed by atoms with Crippen LogP contribution in [0.3, 0.4) is 0 Å². The third-order valence-electron chi connectivity index (χ3n) is 2.35. The number of hydrogen-bond acceptors (Lipinski definition) is 3. The molecule has 0 bridgehead atoms. The van der Waals surface area contributed by atoms with Gasteiger partial charge in [0.25, 0.3) is 0 Å². The largest absolute Gasteiger partial charge is 0.383 e. The van der Waals surface area contributed by atoms with Crippen molar-refractivity contribution in [1.82, 2.24) is 4.31 Å². The fourth-order valence-electron chi connectivity index (χ4n) is 1.43. The van der Waals surface area contributed by atoms with E-state index in [1.54, 1.807) is 6.92 Å². The van der Waals surface area contributed by atoms with Gasteiger partial charge in [0.2, 0.25) is 10.0 Å². The van der Waals surface area contributed by atoms with E-state index in [2.05, 4.69) is 0 Å². The Morgan fingerprint density at radius 3 is 2.53 bits per heavy atom. The number of sulfonamides is 1. The molecule has 0 aliphatic rings. The van der Waals surface area contributed by atoms with E-state index in [1.807, 2.05) is 0 Å². The highest BCUT2D eigenvalue weighted by molar-refractivity contribution is 7.89. The maximum absolute atomic E-state index is 13.5. The first-order valence-electron chi connectivity index (χ1n) is 5.27. The molecule has 1 rings (SSSR count). The van der Waals surface area contributed by atoms with E-state index in [4.69, 9.17) is 4.74 Å². The molecular formula is C11H16FNO3S. The second-order valence-electron chi connectivity index (χ2n) is 3.42. The molecule has 0 atom stereocenters. The van der Waals surface area contributed by atoms with Crippen molar-refractivity contribution in [1.29, 1.82) is 0 Å². The molecule has 0 spiro atoms. The summed E-state index contributed by atoms with van der Waals surface area (Å²) in [5, 5.41) is 0. The number of nitrogens with zero attached hydrogens (tertiary/aromatic N) is 1. The first kappa shape index (κ1) is 14.1. The number of hydrogen-bond donors (Lipinski definition) is 0. The molecule has 0 aliphatic heterocycles. The molecule has 0 amide bonds. The molecule has 0 heterocycles. The van der Waals surface area contributed by atoms with Crippen molar-refractivity contribution in [2.45, 2.75) is 11.8 Å². The smallest absolute Gasteiger partial charge is 0.246 e. The summed E-state index contributed by atoms with van der Waals surface area (Å²) in [7, 11) is -2.29. The Labute approximate surface area is 101 Å². The minimum atomic E-state index is -3.78. The first-order valence-corrected chi connectivity index (χ1v) is 6.71. The third-order valence-corrected chi connectivity index (χ3v) is 4.36. The third kappa shape index (κ3) is 3.24. The fraction of sp³-hybridized carbons (Fsp3) is 0.455. The molecule has 6 heteroatoms. The molecule has 0 unspecified atom stereocenters. The molecule has 4 nitrogen and oxygen atoms in total. The van der Waals surface area contributed by atoms with Gasteiger partial charge in [0, 0.05) is 20.2 Å². The summed E-state index contributed by atoms with van der Waals surface area (Å²) in [6, 6.07) is 5.36. The van der Waals surface area contributed by atoms with Crippen molar-refractivity contribution in [3.05, 3.63) is 30.1 Å². The van der Waals surface area contributed by atoms with Gasteiger partial charge in [0.05, 0.1) is 6.61 Å². The number of likely N-dealkylation sites (N-methyl/N-ethyl adjacent to an activating group) is 1. The molecule has 1 aromatic carbocycles. The quantitative estimate of drug-likeness (QED) is 0.779. The highest BCUT2D eigenvalue weighted by Gasteiger charge is 2.25. The van der Waals surface area contributed by atoms with Crippen molar-refractivity contribution < 1.29 is 17.5 Å². The van der Waals surface area contributed by atoms with Gasteiger partial charge in [-0.05, 0) is 12.1 Å². The van der Waals surface area contributed by atoms with Gasteiger partial charge in [-0.2, -0.15) is 4.31 Å². The van der Waals surface area contributed by atoms with Crippen LogP contribution in [-0.2, 0) is 14.8 Å². The van der Waals surface area contributed by atoms with Crippen LogP contribution in [0.25, 0.3) is 0 Å². The molecule has 1 aromatic rings. The summed E-state index contributed by atoms with van der Waals surface area (Å²) < 4.78 is 43.7. The van der Waals surface area contributed by atoms with Gasteiger partial charge in [-0.25, -0.2) is 12.8 Å². The van der Waals surface area contributed by atoms with E-state index >= 15 is 0 Å². The lowest BCUT2D eigenvalue weighted by Gasteiger charge is -2.20. The Kier molecular flexibility index (Phi) is 5.04. The summed E-state index contributed by atoms with van der Waals surface area (Å²) >= 11 is 0. The van der Waals surface area contributed by atoms with Crippen LogP contribution in [0.1, 0.15) is 6.92 Å². The van der Waals surface area contributed by atoms with Crippen LogP contribution in [0.2, 0.25) is 0 Å². The summed E-state index contributed by atoms with van der Waals surface area (Å²) in [5.41, 5.74) is 0. The predicted molar refractivity (Wildman–Crippen MR) is 62.7 cm³/mol. The van der Waals surface area contributed by atoms with E-state index in [0.29, 0.717) is 0 Å². The van der Waals surface area contributed by atoms with E-state index in [1.165, 1.54) is 29.6 Å². The van der Waals surface area contributed by atoms with Crippen LogP contribution in [0.5, 0.6) is 0 Å². The average Bonchev–Trinajstić information content (AvgIpc) is 2.30. The van der Waals surface area contributed by atoms with Crippen LogP contribution < -0.4 is 0 Å². The molecule has 0 radical (unpaired) electrons.